The molecule has 0 radical (unpaired) electrons. The molecule has 1 unspecified atom stereocenters. The molecule has 4 heteroatoms. The van der Waals surface area contributed by atoms with Gasteiger partial charge in [0, 0.05) is 6.54 Å². The van der Waals surface area contributed by atoms with Crippen LogP contribution >= 0.6 is 0 Å². The highest BCUT2D eigenvalue weighted by Gasteiger charge is 2.32. The second-order valence-electron chi connectivity index (χ2n) is 5.97. The van der Waals surface area contributed by atoms with Crippen LogP contribution in [0.25, 0.3) is 0 Å². The molecule has 0 spiro atoms. The van der Waals surface area contributed by atoms with Gasteiger partial charge in [0.05, 0.1) is 13.2 Å². The maximum absolute atomic E-state index is 9.87. The van der Waals surface area contributed by atoms with Crippen LogP contribution in [0.3, 0.4) is 0 Å². The average Bonchev–Trinajstić information content (AvgIpc) is 2.70. The van der Waals surface area contributed by atoms with Crippen molar-refractivity contribution in [1.29, 1.82) is 0 Å². The fraction of sp³-hybridized carbons (Fsp3) is 0.600. The van der Waals surface area contributed by atoms with E-state index in [0.717, 1.165) is 18.4 Å². The van der Waals surface area contributed by atoms with Crippen LogP contribution in [0.1, 0.15) is 38.7 Å². The van der Waals surface area contributed by atoms with E-state index in [4.69, 9.17) is 9.57 Å². The molecule has 2 rings (SSSR count). The van der Waals surface area contributed by atoms with Crippen molar-refractivity contribution in [3.8, 4) is 11.5 Å². The summed E-state index contributed by atoms with van der Waals surface area (Å²) < 4.78 is 5.94. The summed E-state index contributed by atoms with van der Waals surface area (Å²) >= 11 is 0. The van der Waals surface area contributed by atoms with Gasteiger partial charge in [0.1, 0.15) is 0 Å². The van der Waals surface area contributed by atoms with E-state index in [9.17, 15) is 5.11 Å². The van der Waals surface area contributed by atoms with Crippen LogP contribution in [-0.2, 0) is 11.4 Å². The van der Waals surface area contributed by atoms with Gasteiger partial charge in [-0.3, -0.25) is 0 Å². The number of ether oxygens (including phenoxy) is 1. The molecular weight excluding hydrogens is 242 g/mol. The van der Waals surface area contributed by atoms with E-state index in [1.807, 2.05) is 12.1 Å². The van der Waals surface area contributed by atoms with Crippen molar-refractivity contribution in [3.63, 3.8) is 0 Å². The first-order valence-corrected chi connectivity index (χ1v) is 6.74. The molecule has 1 fully saturated rings. The summed E-state index contributed by atoms with van der Waals surface area (Å²) in [4.78, 5) is 4.82. The Morgan fingerprint density at radius 3 is 2.84 bits per heavy atom. The van der Waals surface area contributed by atoms with E-state index in [-0.39, 0.29) is 11.9 Å². The Bertz CT molecular complexity index is 431. The van der Waals surface area contributed by atoms with Gasteiger partial charge >= 0.3 is 0 Å². The highest BCUT2D eigenvalue weighted by molar-refractivity contribution is 5.42. The highest BCUT2D eigenvalue weighted by atomic mass is 16.6. The van der Waals surface area contributed by atoms with Crippen LogP contribution in [-0.4, -0.2) is 18.3 Å². The molecule has 0 amide bonds. The molecule has 1 atom stereocenters. The molecule has 1 aromatic carbocycles. The minimum Gasteiger partial charge on any atom is -0.504 e. The first-order chi connectivity index (χ1) is 9.00. The lowest BCUT2D eigenvalue weighted by Gasteiger charge is -2.19. The van der Waals surface area contributed by atoms with E-state index >= 15 is 0 Å². The number of phenolic OH excluding ortho intramolecular Hbond substituents is 1. The quantitative estimate of drug-likeness (QED) is 0.804. The average molecular weight is 265 g/mol. The predicted octanol–water partition coefficient (Wildman–Crippen LogP) is 3.00. The van der Waals surface area contributed by atoms with Gasteiger partial charge in [-0.15, -0.1) is 0 Å². The van der Waals surface area contributed by atoms with Gasteiger partial charge < -0.3 is 14.7 Å². The van der Waals surface area contributed by atoms with Crippen LogP contribution in [0.2, 0.25) is 0 Å². The molecule has 1 aliphatic rings. The SMILES string of the molecule is CONCc1ccc(O)c(OC2CCC(C)(C)C2)c1. The van der Waals surface area contributed by atoms with Gasteiger partial charge in [-0.2, -0.15) is 5.48 Å². The maximum atomic E-state index is 9.87. The molecule has 0 aromatic heterocycles. The number of hydrogen-bond acceptors (Lipinski definition) is 4. The third kappa shape index (κ3) is 3.85. The third-order valence-corrected chi connectivity index (χ3v) is 3.66. The Morgan fingerprint density at radius 1 is 1.42 bits per heavy atom. The van der Waals surface area contributed by atoms with Crippen molar-refractivity contribution in [2.75, 3.05) is 7.11 Å². The van der Waals surface area contributed by atoms with Gasteiger partial charge in [0.2, 0.25) is 0 Å². The molecule has 1 aliphatic carbocycles. The zero-order valence-corrected chi connectivity index (χ0v) is 11.9. The van der Waals surface area contributed by atoms with Gasteiger partial charge in [-0.25, -0.2) is 0 Å². The number of aromatic hydroxyl groups is 1. The minimum absolute atomic E-state index is 0.200. The molecule has 19 heavy (non-hydrogen) atoms. The van der Waals surface area contributed by atoms with E-state index in [0.29, 0.717) is 17.7 Å². The Kier molecular flexibility index (Phi) is 4.32. The van der Waals surface area contributed by atoms with Gasteiger partial charge in [0.25, 0.3) is 0 Å². The van der Waals surface area contributed by atoms with Gasteiger partial charge in [-0.1, -0.05) is 19.9 Å². The lowest BCUT2D eigenvalue weighted by molar-refractivity contribution is 0.0866. The summed E-state index contributed by atoms with van der Waals surface area (Å²) in [7, 11) is 1.58. The molecule has 0 heterocycles. The summed E-state index contributed by atoms with van der Waals surface area (Å²) in [6, 6.07) is 5.39. The van der Waals surface area contributed by atoms with Crippen molar-refractivity contribution >= 4 is 0 Å². The maximum Gasteiger partial charge on any atom is 0.161 e. The minimum atomic E-state index is 0.200. The Morgan fingerprint density at radius 2 is 2.21 bits per heavy atom. The van der Waals surface area contributed by atoms with Crippen molar-refractivity contribution in [2.45, 2.75) is 45.8 Å². The molecule has 1 saturated carbocycles. The molecule has 4 nitrogen and oxygen atoms in total. The lowest BCUT2D eigenvalue weighted by atomic mass is 9.92. The zero-order chi connectivity index (χ0) is 13.9. The van der Waals surface area contributed by atoms with E-state index in [1.54, 1.807) is 13.2 Å². The second-order valence-corrected chi connectivity index (χ2v) is 5.97. The lowest BCUT2D eigenvalue weighted by Crippen LogP contribution is -2.15. The molecule has 0 bridgehead atoms. The first-order valence-electron chi connectivity index (χ1n) is 6.74. The normalized spacial score (nSPS) is 21.5. The van der Waals surface area contributed by atoms with Gasteiger partial charge in [-0.05, 0) is 42.4 Å². The Balaban J connectivity index is 2.03. The fourth-order valence-corrected chi connectivity index (χ4v) is 2.57. The van der Waals surface area contributed by atoms with Crippen molar-refractivity contribution in [2.24, 2.45) is 5.41 Å². The number of hydroxylamine groups is 1. The first kappa shape index (κ1) is 14.2. The molecule has 0 saturated heterocycles. The molecule has 0 aliphatic heterocycles. The number of hydrogen-bond donors (Lipinski definition) is 2. The topological polar surface area (TPSA) is 50.7 Å². The summed E-state index contributed by atoms with van der Waals surface area (Å²) in [5.74, 6) is 0.768. The van der Waals surface area contributed by atoms with Crippen LogP contribution in [0, 0.1) is 5.41 Å². The summed E-state index contributed by atoms with van der Waals surface area (Å²) in [5, 5.41) is 9.87. The number of benzene rings is 1. The number of nitrogens with one attached hydrogen (secondary N) is 1. The summed E-state index contributed by atoms with van der Waals surface area (Å²) in [5.41, 5.74) is 4.14. The third-order valence-electron chi connectivity index (χ3n) is 3.66. The molecule has 1 aromatic rings. The summed E-state index contributed by atoms with van der Waals surface area (Å²) in [6.45, 7) is 5.10. The molecule has 106 valence electrons. The largest absolute Gasteiger partial charge is 0.504 e. The van der Waals surface area contributed by atoms with Crippen molar-refractivity contribution < 1.29 is 14.7 Å². The van der Waals surface area contributed by atoms with E-state index < -0.39 is 0 Å². The van der Waals surface area contributed by atoms with E-state index in [2.05, 4.69) is 19.3 Å². The summed E-state index contributed by atoms with van der Waals surface area (Å²) in [6.07, 6.45) is 3.45. The smallest absolute Gasteiger partial charge is 0.161 e. The standard InChI is InChI=1S/C15H23NO3/c1-15(2)7-6-12(9-15)19-14-8-11(10-16-18-3)4-5-13(14)17/h4-5,8,12,16-17H,6-7,9-10H2,1-3H3. The van der Waals surface area contributed by atoms with Gasteiger partial charge in [0.15, 0.2) is 11.5 Å². The zero-order valence-electron chi connectivity index (χ0n) is 11.9. The second kappa shape index (κ2) is 5.80. The van der Waals surface area contributed by atoms with Crippen LogP contribution in [0.4, 0.5) is 0 Å². The Labute approximate surface area is 114 Å². The van der Waals surface area contributed by atoms with Crippen molar-refractivity contribution in [3.05, 3.63) is 23.8 Å². The van der Waals surface area contributed by atoms with Crippen LogP contribution < -0.4 is 10.2 Å². The number of phenols is 1. The van der Waals surface area contributed by atoms with Crippen LogP contribution in [0.5, 0.6) is 11.5 Å². The van der Waals surface area contributed by atoms with Crippen LogP contribution in [0.15, 0.2) is 18.2 Å². The highest BCUT2D eigenvalue weighted by Crippen LogP contribution is 2.40. The number of rotatable bonds is 5. The monoisotopic (exact) mass is 265 g/mol. The fourth-order valence-electron chi connectivity index (χ4n) is 2.57. The van der Waals surface area contributed by atoms with E-state index in [1.165, 1.54) is 6.42 Å². The van der Waals surface area contributed by atoms with Crippen molar-refractivity contribution in [1.82, 2.24) is 5.48 Å². The predicted molar refractivity (Wildman–Crippen MR) is 74.0 cm³/mol. The molecular formula is C15H23NO3. The molecule has 2 N–H and O–H groups in total. The Hall–Kier alpha value is -1.26.